The molecule has 1 aromatic carbocycles. The summed E-state index contributed by atoms with van der Waals surface area (Å²) >= 11 is 0. The first-order chi connectivity index (χ1) is 14.3. The molecule has 0 bridgehead atoms. The van der Waals surface area contributed by atoms with Gasteiger partial charge in [0, 0.05) is 37.0 Å². The SMILES string of the molecule is CNC(=O)C1CCN(Cc2cccc(N)c2C=O)CC1.FC(F)(F)c1ccccn1. The lowest BCUT2D eigenvalue weighted by molar-refractivity contribution is -0.141. The highest BCUT2D eigenvalue weighted by Crippen LogP contribution is 2.26. The number of nitrogens with one attached hydrogen (secondary N) is 1. The molecule has 30 heavy (non-hydrogen) atoms. The number of hydrogen-bond donors (Lipinski definition) is 2. The van der Waals surface area contributed by atoms with Crippen molar-refractivity contribution in [2.45, 2.75) is 25.6 Å². The summed E-state index contributed by atoms with van der Waals surface area (Å²) in [5, 5.41) is 2.70. The van der Waals surface area contributed by atoms with E-state index >= 15 is 0 Å². The van der Waals surface area contributed by atoms with E-state index in [4.69, 9.17) is 5.73 Å². The largest absolute Gasteiger partial charge is 0.433 e. The predicted octanol–water partition coefficient (Wildman–Crippen LogP) is 3.14. The van der Waals surface area contributed by atoms with Gasteiger partial charge in [0.1, 0.15) is 5.69 Å². The van der Waals surface area contributed by atoms with Gasteiger partial charge < -0.3 is 11.1 Å². The average molecular weight is 422 g/mol. The summed E-state index contributed by atoms with van der Waals surface area (Å²) in [5.41, 5.74) is 7.03. The van der Waals surface area contributed by atoms with Crippen LogP contribution in [0, 0.1) is 5.92 Å². The van der Waals surface area contributed by atoms with E-state index in [9.17, 15) is 22.8 Å². The zero-order chi connectivity index (χ0) is 22.1. The van der Waals surface area contributed by atoms with Crippen LogP contribution in [0.1, 0.15) is 34.5 Å². The lowest BCUT2D eigenvalue weighted by Crippen LogP contribution is -2.39. The van der Waals surface area contributed by atoms with Crippen molar-refractivity contribution in [1.82, 2.24) is 15.2 Å². The van der Waals surface area contributed by atoms with Crippen LogP contribution in [-0.2, 0) is 17.5 Å². The molecule has 1 fully saturated rings. The molecule has 162 valence electrons. The molecule has 3 rings (SSSR count). The molecule has 2 aromatic rings. The maximum absolute atomic E-state index is 11.7. The quantitative estimate of drug-likeness (QED) is 0.584. The van der Waals surface area contributed by atoms with E-state index in [1.54, 1.807) is 13.1 Å². The standard InChI is InChI=1S/C15H21N3O2.C6H4F3N/c1-17-15(20)11-5-7-18(8-6-11)9-12-3-2-4-14(16)13(12)10-19;7-6(8,9)5-3-1-2-4-10-5/h2-4,10-11H,5-9,16H2,1H3,(H,17,20);1-4H. The van der Waals surface area contributed by atoms with E-state index in [0.29, 0.717) is 17.8 Å². The smallest absolute Gasteiger partial charge is 0.398 e. The van der Waals surface area contributed by atoms with Crippen LogP contribution in [-0.4, -0.2) is 42.2 Å². The van der Waals surface area contributed by atoms with E-state index in [2.05, 4.69) is 15.2 Å². The minimum Gasteiger partial charge on any atom is -0.398 e. The Bertz CT molecular complexity index is 836. The zero-order valence-electron chi connectivity index (χ0n) is 16.7. The van der Waals surface area contributed by atoms with Gasteiger partial charge in [-0.05, 0) is 49.7 Å². The van der Waals surface area contributed by atoms with Crippen molar-refractivity contribution < 1.29 is 22.8 Å². The van der Waals surface area contributed by atoms with E-state index in [0.717, 1.165) is 50.0 Å². The fourth-order valence-electron chi connectivity index (χ4n) is 3.24. The van der Waals surface area contributed by atoms with Gasteiger partial charge >= 0.3 is 6.18 Å². The Labute approximate surface area is 173 Å². The number of alkyl halides is 3. The number of pyridine rings is 1. The molecule has 1 aromatic heterocycles. The molecule has 1 aliphatic heterocycles. The first kappa shape index (κ1) is 23.3. The second-order valence-corrected chi connectivity index (χ2v) is 6.92. The summed E-state index contributed by atoms with van der Waals surface area (Å²) in [7, 11) is 1.68. The second kappa shape index (κ2) is 10.7. The summed E-state index contributed by atoms with van der Waals surface area (Å²) in [5.74, 6) is 0.241. The van der Waals surface area contributed by atoms with E-state index in [-0.39, 0.29) is 11.8 Å². The molecule has 0 spiro atoms. The van der Waals surface area contributed by atoms with E-state index in [1.165, 1.54) is 12.1 Å². The topological polar surface area (TPSA) is 88.3 Å². The van der Waals surface area contributed by atoms with Gasteiger partial charge in [-0.15, -0.1) is 0 Å². The van der Waals surface area contributed by atoms with Crippen molar-refractivity contribution in [2.24, 2.45) is 5.92 Å². The number of nitrogens with two attached hydrogens (primary N) is 1. The minimum absolute atomic E-state index is 0.114. The van der Waals surface area contributed by atoms with Gasteiger partial charge in [-0.3, -0.25) is 19.5 Å². The van der Waals surface area contributed by atoms with Crippen LogP contribution in [0.5, 0.6) is 0 Å². The Morgan fingerprint density at radius 3 is 2.43 bits per heavy atom. The third-order valence-electron chi connectivity index (χ3n) is 4.90. The van der Waals surface area contributed by atoms with Gasteiger partial charge in [0.25, 0.3) is 0 Å². The molecule has 3 N–H and O–H groups in total. The lowest BCUT2D eigenvalue weighted by Gasteiger charge is -2.31. The number of hydrogen-bond acceptors (Lipinski definition) is 5. The van der Waals surface area contributed by atoms with Crippen LogP contribution in [0.4, 0.5) is 18.9 Å². The molecule has 9 heteroatoms. The van der Waals surface area contributed by atoms with Crippen molar-refractivity contribution in [3.05, 3.63) is 59.4 Å². The first-order valence-corrected chi connectivity index (χ1v) is 9.51. The molecule has 6 nitrogen and oxygen atoms in total. The number of amides is 1. The summed E-state index contributed by atoms with van der Waals surface area (Å²) in [6.45, 7) is 2.44. The Kier molecular flexibility index (Phi) is 8.35. The van der Waals surface area contributed by atoms with Crippen LogP contribution in [0.2, 0.25) is 0 Å². The number of piperidine rings is 1. The molecule has 1 aliphatic rings. The van der Waals surface area contributed by atoms with Crippen molar-refractivity contribution >= 4 is 17.9 Å². The van der Waals surface area contributed by atoms with Crippen LogP contribution < -0.4 is 11.1 Å². The molecule has 0 aliphatic carbocycles. The zero-order valence-corrected chi connectivity index (χ0v) is 16.7. The third-order valence-corrected chi connectivity index (χ3v) is 4.90. The Balaban J connectivity index is 0.000000269. The normalized spacial score (nSPS) is 15.1. The van der Waals surface area contributed by atoms with Gasteiger partial charge in [-0.25, -0.2) is 0 Å². The van der Waals surface area contributed by atoms with Crippen LogP contribution in [0.15, 0.2) is 42.6 Å². The number of carbonyl (C=O) groups is 2. The molecule has 1 amide bonds. The molecule has 0 unspecified atom stereocenters. The number of nitrogen functional groups attached to an aromatic ring is 1. The number of nitrogens with zero attached hydrogens (tertiary/aromatic N) is 2. The number of aldehydes is 1. The Hall–Kier alpha value is -2.94. The molecule has 0 saturated carbocycles. The molecule has 0 atom stereocenters. The number of rotatable bonds is 4. The van der Waals surface area contributed by atoms with Crippen molar-refractivity contribution in [3.63, 3.8) is 0 Å². The van der Waals surface area contributed by atoms with Crippen molar-refractivity contribution in [2.75, 3.05) is 25.9 Å². The number of halogens is 3. The monoisotopic (exact) mass is 422 g/mol. The highest BCUT2D eigenvalue weighted by molar-refractivity contribution is 5.85. The minimum atomic E-state index is -4.32. The number of benzene rings is 1. The fourth-order valence-corrected chi connectivity index (χ4v) is 3.24. The van der Waals surface area contributed by atoms with Gasteiger partial charge in [0.05, 0.1) is 0 Å². The molecular weight excluding hydrogens is 397 g/mol. The number of anilines is 1. The highest BCUT2D eigenvalue weighted by atomic mass is 19.4. The van der Waals surface area contributed by atoms with Gasteiger partial charge in [-0.1, -0.05) is 18.2 Å². The van der Waals surface area contributed by atoms with Crippen LogP contribution >= 0.6 is 0 Å². The Morgan fingerprint density at radius 1 is 1.23 bits per heavy atom. The summed E-state index contributed by atoms with van der Waals surface area (Å²) in [6, 6.07) is 9.22. The highest BCUT2D eigenvalue weighted by Gasteiger charge is 2.31. The molecule has 1 saturated heterocycles. The second-order valence-electron chi connectivity index (χ2n) is 6.92. The summed E-state index contributed by atoms with van der Waals surface area (Å²) < 4.78 is 35.2. The van der Waals surface area contributed by atoms with Crippen molar-refractivity contribution in [1.29, 1.82) is 0 Å². The van der Waals surface area contributed by atoms with E-state index < -0.39 is 11.9 Å². The maximum atomic E-state index is 11.7. The maximum Gasteiger partial charge on any atom is 0.433 e. The molecule has 2 heterocycles. The molecule has 0 radical (unpaired) electrons. The predicted molar refractivity (Wildman–Crippen MR) is 108 cm³/mol. The van der Waals surface area contributed by atoms with Crippen LogP contribution in [0.3, 0.4) is 0 Å². The third kappa shape index (κ3) is 6.55. The number of carbonyl (C=O) groups excluding carboxylic acids is 2. The molecular formula is C21H25F3N4O2. The average Bonchev–Trinajstić information content (AvgIpc) is 2.74. The van der Waals surface area contributed by atoms with Crippen molar-refractivity contribution in [3.8, 4) is 0 Å². The lowest BCUT2D eigenvalue weighted by atomic mass is 9.95. The van der Waals surface area contributed by atoms with Gasteiger partial charge in [-0.2, -0.15) is 13.2 Å². The number of likely N-dealkylation sites (tertiary alicyclic amines) is 1. The first-order valence-electron chi connectivity index (χ1n) is 9.51. The fraction of sp³-hybridized carbons (Fsp3) is 0.381. The number of aromatic nitrogens is 1. The van der Waals surface area contributed by atoms with Gasteiger partial charge in [0.2, 0.25) is 5.91 Å². The van der Waals surface area contributed by atoms with Gasteiger partial charge in [0.15, 0.2) is 6.29 Å². The summed E-state index contributed by atoms with van der Waals surface area (Å²) in [6.07, 6.45) is -0.664. The summed E-state index contributed by atoms with van der Waals surface area (Å²) in [4.78, 5) is 28.1. The Morgan fingerprint density at radius 2 is 1.93 bits per heavy atom. The van der Waals surface area contributed by atoms with Crippen LogP contribution in [0.25, 0.3) is 0 Å². The van der Waals surface area contributed by atoms with E-state index in [1.807, 2.05) is 12.1 Å².